The standard InChI is InChI=1S/C25H31N5O5S/c1-18(26)29-14-11-23(12-15-29)35-22-9-7-21(8-10-22)30(36(33,34)17-24(31)32)13-3-5-19-4-2-6-20(16-19)25(27)28/h2-10,16,23,26H,11-15,17H2,1H3,(H3,27,28)(H,31,32). The van der Waals surface area contributed by atoms with Crippen LogP contribution < -0.4 is 14.8 Å². The minimum Gasteiger partial charge on any atom is -0.490 e. The Labute approximate surface area is 211 Å². The first-order valence-corrected chi connectivity index (χ1v) is 13.1. The molecule has 0 amide bonds. The third-order valence-electron chi connectivity index (χ3n) is 5.76. The number of sulfonamides is 1. The number of nitrogens with zero attached hydrogens (tertiary/aromatic N) is 2. The summed E-state index contributed by atoms with van der Waals surface area (Å²) in [5.41, 5.74) is 7.11. The molecule has 0 spiro atoms. The molecule has 0 atom stereocenters. The predicted molar refractivity (Wildman–Crippen MR) is 140 cm³/mol. The first-order chi connectivity index (χ1) is 17.0. The highest BCUT2D eigenvalue weighted by molar-refractivity contribution is 7.93. The van der Waals surface area contributed by atoms with Crippen LogP contribution in [0.2, 0.25) is 0 Å². The zero-order valence-electron chi connectivity index (χ0n) is 20.1. The predicted octanol–water partition coefficient (Wildman–Crippen LogP) is 2.75. The second-order valence-corrected chi connectivity index (χ2v) is 10.4. The molecule has 0 saturated carbocycles. The smallest absolute Gasteiger partial charge is 0.320 e. The van der Waals surface area contributed by atoms with E-state index >= 15 is 0 Å². The highest BCUT2D eigenvalue weighted by Crippen LogP contribution is 2.25. The third-order valence-corrected chi connectivity index (χ3v) is 7.41. The Hall–Kier alpha value is -3.86. The van der Waals surface area contributed by atoms with E-state index in [1.807, 2.05) is 4.90 Å². The number of carboxylic acid groups (broad SMARTS) is 1. The number of piperidine rings is 1. The molecular weight excluding hydrogens is 482 g/mol. The molecule has 1 heterocycles. The van der Waals surface area contributed by atoms with Crippen LogP contribution in [0.1, 0.15) is 30.9 Å². The van der Waals surface area contributed by atoms with Crippen molar-refractivity contribution in [1.82, 2.24) is 4.90 Å². The molecule has 1 fully saturated rings. The monoisotopic (exact) mass is 513 g/mol. The molecule has 10 nitrogen and oxygen atoms in total. The number of amidine groups is 2. The fourth-order valence-corrected chi connectivity index (χ4v) is 5.12. The van der Waals surface area contributed by atoms with Gasteiger partial charge >= 0.3 is 5.97 Å². The number of carboxylic acids is 1. The average Bonchev–Trinajstić information content (AvgIpc) is 2.82. The molecule has 0 unspecified atom stereocenters. The minimum atomic E-state index is -4.14. The Kier molecular flexibility index (Phi) is 8.70. The van der Waals surface area contributed by atoms with Crippen molar-refractivity contribution in [2.75, 3.05) is 29.7 Å². The van der Waals surface area contributed by atoms with E-state index in [1.165, 1.54) is 0 Å². The minimum absolute atomic E-state index is 0.00648. The van der Waals surface area contributed by atoms with E-state index in [1.54, 1.807) is 67.6 Å². The van der Waals surface area contributed by atoms with Crippen molar-refractivity contribution in [2.24, 2.45) is 5.73 Å². The van der Waals surface area contributed by atoms with Crippen LogP contribution in [0, 0.1) is 10.8 Å². The molecule has 0 radical (unpaired) electrons. The van der Waals surface area contributed by atoms with Gasteiger partial charge in [-0.15, -0.1) is 0 Å². The summed E-state index contributed by atoms with van der Waals surface area (Å²) in [4.78, 5) is 13.2. The normalized spacial score (nSPS) is 14.5. The molecule has 1 saturated heterocycles. The van der Waals surface area contributed by atoms with E-state index in [2.05, 4.69) is 0 Å². The zero-order chi connectivity index (χ0) is 26.3. The summed E-state index contributed by atoms with van der Waals surface area (Å²) in [6.07, 6.45) is 4.88. The Morgan fingerprint density at radius 3 is 2.44 bits per heavy atom. The van der Waals surface area contributed by atoms with E-state index in [0.29, 0.717) is 22.8 Å². The summed E-state index contributed by atoms with van der Waals surface area (Å²) in [5, 5.41) is 24.4. The van der Waals surface area contributed by atoms with Crippen molar-refractivity contribution in [3.63, 3.8) is 0 Å². The van der Waals surface area contributed by atoms with Crippen LogP contribution in [0.15, 0.2) is 54.6 Å². The van der Waals surface area contributed by atoms with Crippen LogP contribution in [0.25, 0.3) is 6.08 Å². The van der Waals surface area contributed by atoms with E-state index in [4.69, 9.17) is 26.4 Å². The lowest BCUT2D eigenvalue weighted by Gasteiger charge is -2.32. The van der Waals surface area contributed by atoms with E-state index in [9.17, 15) is 13.2 Å². The van der Waals surface area contributed by atoms with Gasteiger partial charge in [-0.25, -0.2) is 8.42 Å². The van der Waals surface area contributed by atoms with Gasteiger partial charge in [0.15, 0.2) is 5.75 Å². The number of aliphatic carboxylic acids is 1. The second kappa shape index (κ2) is 11.7. The lowest BCUT2D eigenvalue weighted by atomic mass is 10.1. The molecule has 0 bridgehead atoms. The summed E-state index contributed by atoms with van der Waals surface area (Å²) in [5.74, 6) is -1.42. The number of hydrogen-bond donors (Lipinski definition) is 4. The van der Waals surface area contributed by atoms with Gasteiger partial charge in [-0.2, -0.15) is 0 Å². The maximum atomic E-state index is 12.8. The average molecular weight is 514 g/mol. The van der Waals surface area contributed by atoms with Gasteiger partial charge in [0.25, 0.3) is 0 Å². The highest BCUT2D eigenvalue weighted by atomic mass is 32.2. The van der Waals surface area contributed by atoms with Gasteiger partial charge < -0.3 is 20.5 Å². The SMILES string of the molecule is CC(=N)N1CCC(Oc2ccc(N(CC=Cc3cccc(C(=N)N)c3)S(=O)(=O)CC(=O)O)cc2)CC1. The molecule has 0 aliphatic carbocycles. The lowest BCUT2D eigenvalue weighted by molar-refractivity contribution is -0.134. The largest absolute Gasteiger partial charge is 0.490 e. The third kappa shape index (κ3) is 7.32. The maximum Gasteiger partial charge on any atom is 0.320 e. The topological polar surface area (TPSA) is 161 Å². The molecule has 0 aromatic heterocycles. The summed E-state index contributed by atoms with van der Waals surface area (Å²) in [7, 11) is -4.14. The maximum absolute atomic E-state index is 12.8. The van der Waals surface area contributed by atoms with Crippen molar-refractivity contribution in [2.45, 2.75) is 25.9 Å². The number of carbonyl (C=O) groups is 1. The van der Waals surface area contributed by atoms with Crippen molar-refractivity contribution in [3.05, 3.63) is 65.7 Å². The van der Waals surface area contributed by atoms with Crippen molar-refractivity contribution in [3.8, 4) is 5.75 Å². The van der Waals surface area contributed by atoms with Crippen molar-refractivity contribution in [1.29, 1.82) is 10.8 Å². The number of hydrogen-bond acceptors (Lipinski definition) is 6. The Morgan fingerprint density at radius 1 is 1.19 bits per heavy atom. The number of anilines is 1. The van der Waals surface area contributed by atoms with Crippen LogP contribution in [0.5, 0.6) is 5.75 Å². The van der Waals surface area contributed by atoms with E-state index < -0.39 is 21.7 Å². The highest BCUT2D eigenvalue weighted by Gasteiger charge is 2.25. The number of rotatable bonds is 10. The summed E-state index contributed by atoms with van der Waals surface area (Å²) < 4.78 is 32.7. The number of benzene rings is 2. The fraction of sp³-hybridized carbons (Fsp3) is 0.320. The van der Waals surface area contributed by atoms with Crippen molar-refractivity contribution >= 4 is 39.4 Å². The van der Waals surface area contributed by atoms with Crippen LogP contribution in [0.4, 0.5) is 5.69 Å². The molecule has 192 valence electrons. The van der Waals surface area contributed by atoms with Gasteiger partial charge in [0.1, 0.15) is 17.7 Å². The first-order valence-electron chi connectivity index (χ1n) is 11.4. The molecular formula is C25H31N5O5S. The number of nitrogens with one attached hydrogen (secondary N) is 2. The Morgan fingerprint density at radius 2 is 1.86 bits per heavy atom. The lowest BCUT2D eigenvalue weighted by Crippen LogP contribution is -2.40. The van der Waals surface area contributed by atoms with E-state index in [-0.39, 0.29) is 18.5 Å². The fourth-order valence-electron chi connectivity index (χ4n) is 3.90. The van der Waals surface area contributed by atoms with Crippen LogP contribution in [0.3, 0.4) is 0 Å². The van der Waals surface area contributed by atoms with Gasteiger partial charge in [0.2, 0.25) is 10.0 Å². The van der Waals surface area contributed by atoms with E-state index in [0.717, 1.165) is 35.8 Å². The summed E-state index contributed by atoms with van der Waals surface area (Å²) in [6, 6.07) is 13.5. The van der Waals surface area contributed by atoms with Crippen LogP contribution >= 0.6 is 0 Å². The number of nitrogen functional groups attached to an aromatic ring is 1. The summed E-state index contributed by atoms with van der Waals surface area (Å²) >= 11 is 0. The molecule has 2 aromatic carbocycles. The van der Waals surface area contributed by atoms with Gasteiger partial charge in [-0.05, 0) is 42.8 Å². The van der Waals surface area contributed by atoms with Gasteiger partial charge in [0, 0.05) is 31.5 Å². The Bertz CT molecular complexity index is 1240. The number of nitrogens with two attached hydrogens (primary N) is 1. The van der Waals surface area contributed by atoms with Crippen molar-refractivity contribution < 1.29 is 23.1 Å². The van der Waals surface area contributed by atoms with Crippen LogP contribution in [-0.2, 0) is 14.8 Å². The molecule has 11 heteroatoms. The Balaban J connectivity index is 1.74. The number of ether oxygens (including phenoxy) is 1. The molecule has 1 aliphatic rings. The van der Waals surface area contributed by atoms with Gasteiger partial charge in [-0.3, -0.25) is 19.9 Å². The molecule has 3 rings (SSSR count). The molecule has 5 N–H and O–H groups in total. The van der Waals surface area contributed by atoms with Gasteiger partial charge in [-0.1, -0.05) is 30.4 Å². The number of likely N-dealkylation sites (tertiary alicyclic amines) is 1. The molecule has 2 aromatic rings. The van der Waals surface area contributed by atoms with Gasteiger partial charge in [0.05, 0.1) is 18.1 Å². The summed E-state index contributed by atoms with van der Waals surface area (Å²) in [6.45, 7) is 3.19. The first kappa shape index (κ1) is 26.7. The quantitative estimate of drug-likeness (QED) is 0.280. The van der Waals surface area contributed by atoms with Crippen LogP contribution in [-0.4, -0.2) is 67.6 Å². The molecule has 1 aliphatic heterocycles. The molecule has 36 heavy (non-hydrogen) atoms. The second-order valence-electron chi connectivity index (χ2n) is 8.51. The zero-order valence-corrected chi connectivity index (χ0v) is 20.9.